The zero-order chi connectivity index (χ0) is 12.0. The molecule has 0 radical (unpaired) electrons. The predicted octanol–water partition coefficient (Wildman–Crippen LogP) is 1.02. The molecule has 0 saturated heterocycles. The van der Waals surface area contributed by atoms with Gasteiger partial charge in [0.1, 0.15) is 4.90 Å². The number of anilines is 2. The Morgan fingerprint density at radius 1 is 0.933 bits per heavy atom. The van der Waals surface area contributed by atoms with Crippen LogP contribution >= 0.6 is 0 Å². The van der Waals surface area contributed by atoms with Gasteiger partial charge in [0, 0.05) is 0 Å². The average Bonchev–Trinajstić information content (AvgIpc) is 2.09. The minimum Gasteiger partial charge on any atom is -0.397 e. The Hall–Kier alpha value is -1.27. The summed E-state index contributed by atoms with van der Waals surface area (Å²) in [6, 6.07) is 0. The van der Waals surface area contributed by atoms with Crippen LogP contribution in [0.5, 0.6) is 0 Å². The molecule has 6 heteroatoms. The number of rotatable bonds is 1. The third kappa shape index (κ3) is 1.78. The van der Waals surface area contributed by atoms with Crippen molar-refractivity contribution in [3.05, 3.63) is 16.7 Å². The molecule has 0 aliphatic carbocycles. The summed E-state index contributed by atoms with van der Waals surface area (Å²) in [5.41, 5.74) is 13.2. The molecular weight excluding hydrogens is 216 g/mol. The van der Waals surface area contributed by atoms with E-state index in [0.717, 1.165) is 5.56 Å². The van der Waals surface area contributed by atoms with Gasteiger partial charge in [-0.2, -0.15) is 8.42 Å². The van der Waals surface area contributed by atoms with Crippen molar-refractivity contribution in [1.29, 1.82) is 0 Å². The fourth-order valence-corrected chi connectivity index (χ4v) is 2.44. The first-order valence-corrected chi connectivity index (χ1v) is 5.74. The molecule has 0 spiro atoms. The Morgan fingerprint density at radius 3 is 1.80 bits per heavy atom. The SMILES string of the molecule is Cc1c(C)c(N)c(N)c(S(=O)(=O)O)c1C. The number of nitrogen functional groups attached to an aromatic ring is 2. The van der Waals surface area contributed by atoms with Gasteiger partial charge < -0.3 is 11.5 Å². The average molecular weight is 230 g/mol. The summed E-state index contributed by atoms with van der Waals surface area (Å²) < 4.78 is 31.2. The lowest BCUT2D eigenvalue weighted by molar-refractivity contribution is 0.483. The van der Waals surface area contributed by atoms with Crippen molar-refractivity contribution in [2.75, 3.05) is 11.5 Å². The van der Waals surface area contributed by atoms with Gasteiger partial charge in [-0.3, -0.25) is 4.55 Å². The topological polar surface area (TPSA) is 106 Å². The molecule has 0 aromatic heterocycles. The van der Waals surface area contributed by atoms with E-state index in [9.17, 15) is 8.42 Å². The third-order valence-corrected chi connectivity index (χ3v) is 3.70. The smallest absolute Gasteiger partial charge is 0.296 e. The van der Waals surface area contributed by atoms with Gasteiger partial charge in [0.05, 0.1) is 11.4 Å². The van der Waals surface area contributed by atoms with E-state index in [1.54, 1.807) is 20.8 Å². The molecule has 1 rings (SSSR count). The van der Waals surface area contributed by atoms with Crippen LogP contribution in [0.1, 0.15) is 16.7 Å². The first kappa shape index (κ1) is 11.8. The minimum atomic E-state index is -4.33. The van der Waals surface area contributed by atoms with Gasteiger partial charge in [-0.1, -0.05) is 0 Å². The Kier molecular flexibility index (Phi) is 2.67. The predicted molar refractivity (Wildman–Crippen MR) is 59.3 cm³/mol. The molecular formula is C9H14N2O3S. The highest BCUT2D eigenvalue weighted by Crippen LogP contribution is 2.33. The van der Waals surface area contributed by atoms with Crippen LogP contribution in [0.3, 0.4) is 0 Å². The monoisotopic (exact) mass is 230 g/mol. The van der Waals surface area contributed by atoms with E-state index in [4.69, 9.17) is 16.0 Å². The van der Waals surface area contributed by atoms with Gasteiger partial charge in [-0.05, 0) is 37.5 Å². The van der Waals surface area contributed by atoms with Crippen LogP contribution in [0.25, 0.3) is 0 Å². The molecule has 1 aromatic carbocycles. The minimum absolute atomic E-state index is 0.0851. The summed E-state index contributed by atoms with van der Waals surface area (Å²) in [7, 11) is -4.33. The Bertz CT molecular complexity index is 492. The summed E-state index contributed by atoms with van der Waals surface area (Å²) in [6.07, 6.45) is 0. The van der Waals surface area contributed by atoms with E-state index in [1.165, 1.54) is 0 Å². The Morgan fingerprint density at radius 2 is 1.40 bits per heavy atom. The van der Waals surface area contributed by atoms with Crippen LogP contribution in [0.2, 0.25) is 0 Å². The molecule has 5 N–H and O–H groups in total. The highest BCUT2D eigenvalue weighted by molar-refractivity contribution is 7.86. The van der Waals surface area contributed by atoms with Crippen molar-refractivity contribution >= 4 is 21.5 Å². The highest BCUT2D eigenvalue weighted by Gasteiger charge is 2.22. The number of hydrogen-bond acceptors (Lipinski definition) is 4. The fraction of sp³-hybridized carbons (Fsp3) is 0.333. The molecule has 0 unspecified atom stereocenters. The molecule has 0 atom stereocenters. The quantitative estimate of drug-likeness (QED) is 0.493. The Labute approximate surface area is 88.8 Å². The van der Waals surface area contributed by atoms with Crippen LogP contribution in [0, 0.1) is 20.8 Å². The second-order valence-electron chi connectivity index (χ2n) is 3.51. The van der Waals surface area contributed by atoms with Crippen molar-refractivity contribution < 1.29 is 13.0 Å². The molecule has 0 saturated carbocycles. The molecule has 0 aliphatic heterocycles. The summed E-state index contributed by atoms with van der Waals surface area (Å²) in [5.74, 6) is 0. The van der Waals surface area contributed by atoms with Crippen molar-refractivity contribution in [2.45, 2.75) is 25.7 Å². The van der Waals surface area contributed by atoms with Crippen molar-refractivity contribution in [3.8, 4) is 0 Å². The maximum Gasteiger partial charge on any atom is 0.296 e. The molecule has 0 aliphatic rings. The summed E-state index contributed by atoms with van der Waals surface area (Å²) >= 11 is 0. The first-order chi connectivity index (χ1) is 6.68. The zero-order valence-corrected chi connectivity index (χ0v) is 9.64. The van der Waals surface area contributed by atoms with Gasteiger partial charge in [0.15, 0.2) is 0 Å². The third-order valence-electron chi connectivity index (χ3n) is 2.66. The van der Waals surface area contributed by atoms with Crippen molar-refractivity contribution in [2.24, 2.45) is 0 Å². The van der Waals surface area contributed by atoms with E-state index < -0.39 is 10.1 Å². The molecule has 5 nitrogen and oxygen atoms in total. The number of nitrogens with two attached hydrogens (primary N) is 2. The van der Waals surface area contributed by atoms with E-state index in [1.807, 2.05) is 0 Å². The molecule has 84 valence electrons. The molecule has 15 heavy (non-hydrogen) atoms. The summed E-state index contributed by atoms with van der Waals surface area (Å²) in [6.45, 7) is 5.07. The van der Waals surface area contributed by atoms with Crippen LogP contribution in [0.15, 0.2) is 4.90 Å². The highest BCUT2D eigenvalue weighted by atomic mass is 32.2. The Balaban J connectivity index is 3.84. The fourth-order valence-electron chi connectivity index (χ4n) is 1.51. The molecule has 0 fully saturated rings. The zero-order valence-electron chi connectivity index (χ0n) is 8.83. The van der Waals surface area contributed by atoms with Gasteiger partial charge in [-0.25, -0.2) is 0 Å². The molecule has 0 heterocycles. The largest absolute Gasteiger partial charge is 0.397 e. The van der Waals surface area contributed by atoms with Crippen molar-refractivity contribution in [1.82, 2.24) is 0 Å². The van der Waals surface area contributed by atoms with Crippen molar-refractivity contribution in [3.63, 3.8) is 0 Å². The molecule has 0 amide bonds. The van der Waals surface area contributed by atoms with Gasteiger partial charge in [0.2, 0.25) is 0 Å². The van der Waals surface area contributed by atoms with Crippen LogP contribution in [-0.4, -0.2) is 13.0 Å². The molecule has 1 aromatic rings. The van der Waals surface area contributed by atoms with Crippen LogP contribution in [-0.2, 0) is 10.1 Å². The van der Waals surface area contributed by atoms with E-state index in [2.05, 4.69) is 0 Å². The second kappa shape index (κ2) is 3.39. The van der Waals surface area contributed by atoms with E-state index in [-0.39, 0.29) is 16.3 Å². The molecule has 0 bridgehead atoms. The van der Waals surface area contributed by atoms with Crippen LogP contribution in [0.4, 0.5) is 11.4 Å². The second-order valence-corrected chi connectivity index (χ2v) is 4.86. The van der Waals surface area contributed by atoms with Gasteiger partial charge >= 0.3 is 0 Å². The first-order valence-electron chi connectivity index (χ1n) is 4.30. The van der Waals surface area contributed by atoms with Gasteiger partial charge in [-0.15, -0.1) is 0 Å². The number of benzene rings is 1. The van der Waals surface area contributed by atoms with E-state index in [0.29, 0.717) is 11.1 Å². The van der Waals surface area contributed by atoms with E-state index >= 15 is 0 Å². The normalized spacial score (nSPS) is 11.7. The summed E-state index contributed by atoms with van der Waals surface area (Å²) in [4.78, 5) is -0.289. The lowest BCUT2D eigenvalue weighted by Gasteiger charge is -2.15. The van der Waals surface area contributed by atoms with Gasteiger partial charge in [0.25, 0.3) is 10.1 Å². The van der Waals surface area contributed by atoms with Crippen LogP contribution < -0.4 is 11.5 Å². The summed E-state index contributed by atoms with van der Waals surface area (Å²) in [5, 5.41) is 0. The lowest BCUT2D eigenvalue weighted by Crippen LogP contribution is -2.11. The lowest BCUT2D eigenvalue weighted by atomic mass is 10.0. The number of hydrogen-bond donors (Lipinski definition) is 3. The maximum atomic E-state index is 11.1. The standard InChI is InChI=1S/C9H14N2O3S/c1-4-5(2)7(10)8(11)9(6(4)3)15(12,13)14/h10-11H2,1-3H3,(H,12,13,14). The maximum absolute atomic E-state index is 11.1.